The van der Waals surface area contributed by atoms with Gasteiger partial charge in [0.1, 0.15) is 22.9 Å². The number of pyridine rings is 1. The maximum absolute atomic E-state index is 15.0. The summed E-state index contributed by atoms with van der Waals surface area (Å²) >= 11 is 0. The van der Waals surface area contributed by atoms with Crippen LogP contribution in [0.25, 0.3) is 22.3 Å². The molecule has 1 aliphatic rings. The Bertz CT molecular complexity index is 1480. The maximum Gasteiger partial charge on any atom is 0.251 e. The van der Waals surface area contributed by atoms with E-state index in [2.05, 4.69) is 32.2 Å². The largest absolute Gasteiger partial charge is 0.326 e. The van der Waals surface area contributed by atoms with Crippen LogP contribution < -0.4 is 5.32 Å². The number of halogens is 4. The zero-order valence-electron chi connectivity index (χ0n) is 23.0. The van der Waals surface area contributed by atoms with Gasteiger partial charge in [0.25, 0.3) is 6.43 Å². The summed E-state index contributed by atoms with van der Waals surface area (Å²) in [6, 6.07) is 6.75. The van der Waals surface area contributed by atoms with E-state index in [4.69, 9.17) is 0 Å². The number of hydrogen-bond donors (Lipinski definition) is 1. The van der Waals surface area contributed by atoms with Gasteiger partial charge in [-0.1, -0.05) is 13.0 Å². The second-order valence-electron chi connectivity index (χ2n) is 10.8. The number of imidazole rings is 1. The first-order valence-corrected chi connectivity index (χ1v) is 13.5. The third-order valence-electron chi connectivity index (χ3n) is 7.75. The molecule has 0 unspecified atom stereocenters. The molecule has 0 bridgehead atoms. The second-order valence-corrected chi connectivity index (χ2v) is 10.8. The van der Waals surface area contributed by atoms with Crippen LogP contribution in [0.2, 0.25) is 0 Å². The molecule has 0 saturated carbocycles. The van der Waals surface area contributed by atoms with Crippen molar-refractivity contribution in [1.82, 2.24) is 29.4 Å². The number of fused-ring (bicyclic) bond motifs is 1. The van der Waals surface area contributed by atoms with Gasteiger partial charge in [0, 0.05) is 17.8 Å². The normalized spacial score (nSPS) is 15.8. The van der Waals surface area contributed by atoms with Gasteiger partial charge in [-0.2, -0.15) is 0 Å². The first kappa shape index (κ1) is 27.9. The number of hydrogen-bond acceptors (Lipinski definition) is 6. The van der Waals surface area contributed by atoms with Crippen molar-refractivity contribution in [2.24, 2.45) is 5.92 Å². The topological polar surface area (TPSA) is 71.8 Å². The maximum atomic E-state index is 15.0. The van der Waals surface area contributed by atoms with E-state index in [0.29, 0.717) is 36.2 Å². The van der Waals surface area contributed by atoms with Crippen molar-refractivity contribution in [3.8, 4) is 11.3 Å². The number of anilines is 2. The van der Waals surface area contributed by atoms with E-state index >= 15 is 0 Å². The molecule has 0 aliphatic carbocycles. The average Bonchev–Trinajstić information content (AvgIpc) is 3.26. The Morgan fingerprint density at radius 1 is 0.975 bits per heavy atom. The molecule has 1 N–H and O–H groups in total. The van der Waals surface area contributed by atoms with Crippen molar-refractivity contribution >= 4 is 22.8 Å². The van der Waals surface area contributed by atoms with Gasteiger partial charge in [0.15, 0.2) is 11.6 Å². The fraction of sp³-hybridized carbons (Fsp3) is 0.448. The van der Waals surface area contributed by atoms with E-state index in [-0.39, 0.29) is 41.2 Å². The van der Waals surface area contributed by atoms with Crippen LogP contribution in [0.5, 0.6) is 0 Å². The van der Waals surface area contributed by atoms with Crippen LogP contribution in [0, 0.1) is 24.5 Å². The van der Waals surface area contributed by atoms with Crippen LogP contribution in [-0.2, 0) is 0 Å². The van der Waals surface area contributed by atoms with Crippen LogP contribution in [0.3, 0.4) is 0 Å². The van der Waals surface area contributed by atoms with Crippen LogP contribution in [0.1, 0.15) is 57.0 Å². The Hall–Kier alpha value is -3.60. The van der Waals surface area contributed by atoms with Crippen molar-refractivity contribution in [2.45, 2.75) is 58.9 Å². The van der Waals surface area contributed by atoms with Crippen LogP contribution in [0.4, 0.5) is 29.3 Å². The minimum absolute atomic E-state index is 0.0316. The van der Waals surface area contributed by atoms with E-state index in [1.54, 1.807) is 18.3 Å². The predicted molar refractivity (Wildman–Crippen MR) is 147 cm³/mol. The Kier molecular flexibility index (Phi) is 8.02. The molecule has 1 saturated heterocycles. The first-order valence-electron chi connectivity index (χ1n) is 13.5. The fourth-order valence-corrected chi connectivity index (χ4v) is 5.65. The molecule has 11 heteroatoms. The van der Waals surface area contributed by atoms with Gasteiger partial charge >= 0.3 is 0 Å². The summed E-state index contributed by atoms with van der Waals surface area (Å²) in [5, 5.41) is 3.01. The summed E-state index contributed by atoms with van der Waals surface area (Å²) in [5.41, 5.74) is 2.11. The molecule has 0 amide bonds. The van der Waals surface area contributed by atoms with Crippen molar-refractivity contribution in [2.75, 3.05) is 25.0 Å². The summed E-state index contributed by atoms with van der Waals surface area (Å²) in [4.78, 5) is 19.0. The quantitative estimate of drug-likeness (QED) is 0.239. The van der Waals surface area contributed by atoms with Crippen molar-refractivity contribution in [3.63, 3.8) is 0 Å². The van der Waals surface area contributed by atoms with Crippen molar-refractivity contribution < 1.29 is 17.6 Å². The second kappa shape index (κ2) is 11.5. The Morgan fingerprint density at radius 3 is 2.38 bits per heavy atom. The lowest BCUT2D eigenvalue weighted by Gasteiger charge is -2.34. The van der Waals surface area contributed by atoms with Gasteiger partial charge in [-0.05, 0) is 82.3 Å². The van der Waals surface area contributed by atoms with Crippen LogP contribution in [-0.4, -0.2) is 55.5 Å². The number of aromatic nitrogens is 5. The van der Waals surface area contributed by atoms with Crippen molar-refractivity contribution in [1.29, 1.82) is 0 Å². The van der Waals surface area contributed by atoms with E-state index in [9.17, 15) is 17.6 Å². The Balaban J connectivity index is 1.32. The van der Waals surface area contributed by atoms with Crippen LogP contribution >= 0.6 is 0 Å². The summed E-state index contributed by atoms with van der Waals surface area (Å²) in [7, 11) is 0. The van der Waals surface area contributed by atoms with E-state index in [0.717, 1.165) is 24.6 Å². The molecule has 4 heterocycles. The van der Waals surface area contributed by atoms with Gasteiger partial charge in [0.2, 0.25) is 5.95 Å². The predicted octanol–water partition coefficient (Wildman–Crippen LogP) is 6.88. The molecule has 1 fully saturated rings. The number of nitrogens with zero attached hydrogens (tertiary/aromatic N) is 6. The van der Waals surface area contributed by atoms with Gasteiger partial charge in [-0.15, -0.1) is 0 Å². The first-order chi connectivity index (χ1) is 19.1. The van der Waals surface area contributed by atoms with Crippen LogP contribution in [0.15, 0.2) is 36.7 Å². The number of benzene rings is 1. The smallest absolute Gasteiger partial charge is 0.251 e. The standard InChI is InChI=1S/C29H33F4N7/c1-16(2)40-18(4)36-28-22(30)11-21(12-24(28)40)27-23(31)14-35-29(38-27)37-26-6-5-20(13-34-26)17(3)19-7-9-39(10-8-19)15-25(32)33/h5-6,11-14,16-17,19,25H,7-10,15H2,1-4H3,(H,34,35,37,38)/t17-/m1/s1. The van der Waals surface area contributed by atoms with Gasteiger partial charge in [0.05, 0.1) is 18.3 Å². The highest BCUT2D eigenvalue weighted by Crippen LogP contribution is 2.33. The highest BCUT2D eigenvalue weighted by molar-refractivity contribution is 5.83. The highest BCUT2D eigenvalue weighted by Gasteiger charge is 2.26. The molecule has 3 aromatic heterocycles. The summed E-state index contributed by atoms with van der Waals surface area (Å²) in [5.74, 6) is 0.692. The molecule has 1 aliphatic heterocycles. The molecule has 0 spiro atoms. The molecule has 212 valence electrons. The SMILES string of the molecule is Cc1nc2c(F)cc(-c3nc(Nc4ccc([C@H](C)C5CCN(CC(F)F)CC5)cn4)ncc3F)cc2n1C(C)C. The number of alkyl halides is 2. The summed E-state index contributed by atoms with van der Waals surface area (Å²) in [6.07, 6.45) is 2.26. The van der Waals surface area contributed by atoms with Gasteiger partial charge < -0.3 is 9.88 Å². The summed E-state index contributed by atoms with van der Waals surface area (Å²) < 4.78 is 57.1. The molecule has 40 heavy (non-hydrogen) atoms. The molecule has 1 atom stereocenters. The molecule has 5 rings (SSSR count). The van der Waals surface area contributed by atoms with E-state index in [1.807, 2.05) is 36.3 Å². The molecule has 0 radical (unpaired) electrons. The molecule has 7 nitrogen and oxygen atoms in total. The minimum Gasteiger partial charge on any atom is -0.326 e. The number of likely N-dealkylation sites (tertiary alicyclic amines) is 1. The number of nitrogens with one attached hydrogen (secondary N) is 1. The minimum atomic E-state index is -2.30. The third-order valence-corrected chi connectivity index (χ3v) is 7.75. The number of piperidine rings is 1. The Morgan fingerprint density at radius 2 is 1.73 bits per heavy atom. The van der Waals surface area contributed by atoms with Crippen molar-refractivity contribution in [3.05, 3.63) is 59.7 Å². The van der Waals surface area contributed by atoms with Gasteiger partial charge in [-0.25, -0.2) is 37.5 Å². The molecule has 4 aromatic rings. The highest BCUT2D eigenvalue weighted by atomic mass is 19.3. The summed E-state index contributed by atoms with van der Waals surface area (Å²) in [6.45, 7) is 9.08. The number of rotatable bonds is 8. The molecular formula is C29H33F4N7. The van der Waals surface area contributed by atoms with E-state index in [1.165, 1.54) is 6.07 Å². The average molecular weight is 556 g/mol. The third kappa shape index (κ3) is 5.79. The zero-order chi connectivity index (χ0) is 28.6. The lowest BCUT2D eigenvalue weighted by atomic mass is 9.82. The van der Waals surface area contributed by atoms with Gasteiger partial charge in [-0.3, -0.25) is 4.90 Å². The monoisotopic (exact) mass is 555 g/mol. The molecular weight excluding hydrogens is 522 g/mol. The lowest BCUT2D eigenvalue weighted by molar-refractivity contribution is 0.0664. The number of aryl methyl sites for hydroxylation is 1. The zero-order valence-corrected chi connectivity index (χ0v) is 23.0. The lowest BCUT2D eigenvalue weighted by Crippen LogP contribution is -2.38. The van der Waals surface area contributed by atoms with E-state index < -0.39 is 18.1 Å². The Labute approximate surface area is 230 Å². The molecule has 1 aromatic carbocycles. The fourth-order valence-electron chi connectivity index (χ4n) is 5.65.